The van der Waals surface area contributed by atoms with Crippen LogP contribution in [0.2, 0.25) is 0 Å². The second kappa shape index (κ2) is 6.06. The second-order valence-corrected chi connectivity index (χ2v) is 6.96. The van der Waals surface area contributed by atoms with Crippen LogP contribution in [0.3, 0.4) is 0 Å². The van der Waals surface area contributed by atoms with Crippen molar-refractivity contribution in [3.63, 3.8) is 0 Å². The second-order valence-electron chi connectivity index (χ2n) is 6.96. The van der Waals surface area contributed by atoms with Gasteiger partial charge in [-0.3, -0.25) is 5.32 Å². The van der Waals surface area contributed by atoms with Gasteiger partial charge in [-0.15, -0.1) is 0 Å². The smallest absolute Gasteiger partial charge is 0.210 e. The van der Waals surface area contributed by atoms with E-state index >= 15 is 0 Å². The van der Waals surface area contributed by atoms with E-state index in [1.165, 1.54) is 16.7 Å². The van der Waals surface area contributed by atoms with Crippen LogP contribution in [-0.2, 0) is 15.0 Å². The van der Waals surface area contributed by atoms with Crippen LogP contribution in [0.15, 0.2) is 91.0 Å². The first-order chi connectivity index (χ1) is 12.8. The number of benzene rings is 3. The Labute approximate surface area is 153 Å². The number of epoxide rings is 1. The molecule has 0 amide bonds. The third kappa shape index (κ3) is 2.40. The Bertz CT molecular complexity index is 779. The predicted octanol–water partition coefficient (Wildman–Crippen LogP) is 3.69. The molecule has 0 radical (unpaired) electrons. The maximum Gasteiger partial charge on any atom is 0.210 e. The minimum Gasteiger partial charge on any atom is -0.345 e. The van der Waals surface area contributed by atoms with Gasteiger partial charge in [0.1, 0.15) is 6.61 Å². The topological polar surface area (TPSA) is 33.8 Å². The highest BCUT2D eigenvalue weighted by molar-refractivity contribution is 5.49. The van der Waals surface area contributed by atoms with Crippen molar-refractivity contribution < 1.29 is 9.47 Å². The van der Waals surface area contributed by atoms with Crippen LogP contribution in [-0.4, -0.2) is 25.0 Å². The van der Waals surface area contributed by atoms with Crippen molar-refractivity contribution >= 4 is 0 Å². The van der Waals surface area contributed by atoms with Crippen molar-refractivity contribution in [2.75, 3.05) is 13.2 Å². The fourth-order valence-corrected chi connectivity index (χ4v) is 3.94. The molecule has 1 N–H and O–H groups in total. The van der Waals surface area contributed by atoms with E-state index in [4.69, 9.17) is 9.47 Å². The fraction of sp³-hybridized carbons (Fsp3) is 0.217. The van der Waals surface area contributed by atoms with E-state index in [1.54, 1.807) is 0 Å². The summed E-state index contributed by atoms with van der Waals surface area (Å²) in [5.41, 5.74) is 3.16. The van der Waals surface area contributed by atoms with Gasteiger partial charge in [-0.2, -0.15) is 0 Å². The summed E-state index contributed by atoms with van der Waals surface area (Å²) in [6, 6.07) is 32.0. The molecule has 1 unspecified atom stereocenters. The lowest BCUT2D eigenvalue weighted by molar-refractivity contribution is -0.173. The normalized spacial score (nSPS) is 24.2. The third-order valence-electron chi connectivity index (χ3n) is 5.47. The molecular formula is C23H21NO2. The summed E-state index contributed by atoms with van der Waals surface area (Å²) < 4.78 is 11.3. The molecule has 3 aromatic rings. The van der Waals surface area contributed by atoms with Crippen molar-refractivity contribution in [3.8, 4) is 0 Å². The molecule has 0 saturated carbocycles. The first-order valence-electron chi connectivity index (χ1n) is 9.06. The lowest BCUT2D eigenvalue weighted by atomic mass is 9.76. The molecule has 2 aliphatic rings. The minimum atomic E-state index is -0.461. The highest BCUT2D eigenvalue weighted by Crippen LogP contribution is 2.45. The van der Waals surface area contributed by atoms with Crippen LogP contribution < -0.4 is 5.32 Å². The van der Waals surface area contributed by atoms with Crippen LogP contribution in [0, 0.1) is 0 Å². The number of hydrogen-bond acceptors (Lipinski definition) is 3. The van der Waals surface area contributed by atoms with E-state index in [9.17, 15) is 0 Å². The van der Waals surface area contributed by atoms with E-state index < -0.39 is 11.3 Å². The summed E-state index contributed by atoms with van der Waals surface area (Å²) in [5.74, 6) is -0.427. The predicted molar refractivity (Wildman–Crippen MR) is 101 cm³/mol. The third-order valence-corrected chi connectivity index (χ3v) is 5.47. The SMILES string of the molecule is c1ccc(C(N[C@H]2COC23CO3)(c2ccccc2)c2ccccc2)cc1. The average Bonchev–Trinajstić information content (AvgIpc) is 3.54. The summed E-state index contributed by atoms with van der Waals surface area (Å²) in [6.07, 6.45) is 0. The zero-order valence-electron chi connectivity index (χ0n) is 14.5. The number of rotatable bonds is 5. The summed E-state index contributed by atoms with van der Waals surface area (Å²) in [7, 11) is 0. The molecule has 5 rings (SSSR count). The molecule has 2 saturated heterocycles. The molecule has 0 aliphatic carbocycles. The quantitative estimate of drug-likeness (QED) is 0.567. The van der Waals surface area contributed by atoms with Crippen LogP contribution in [0.25, 0.3) is 0 Å². The fourth-order valence-electron chi connectivity index (χ4n) is 3.94. The van der Waals surface area contributed by atoms with Gasteiger partial charge in [0.25, 0.3) is 0 Å². The van der Waals surface area contributed by atoms with Gasteiger partial charge in [0, 0.05) is 0 Å². The maximum atomic E-state index is 5.71. The first-order valence-corrected chi connectivity index (χ1v) is 9.06. The summed E-state index contributed by atoms with van der Waals surface area (Å²) >= 11 is 0. The number of hydrogen-bond donors (Lipinski definition) is 1. The summed E-state index contributed by atoms with van der Waals surface area (Å²) in [4.78, 5) is 0. The molecule has 3 nitrogen and oxygen atoms in total. The Kier molecular flexibility index (Phi) is 3.68. The molecule has 2 atom stereocenters. The Morgan fingerprint density at radius 2 is 1.12 bits per heavy atom. The van der Waals surface area contributed by atoms with E-state index in [1.807, 2.05) is 0 Å². The minimum absolute atomic E-state index is 0.156. The Morgan fingerprint density at radius 1 is 0.692 bits per heavy atom. The maximum absolute atomic E-state index is 5.71. The highest BCUT2D eigenvalue weighted by atomic mass is 16.8. The molecule has 2 heterocycles. The van der Waals surface area contributed by atoms with Gasteiger partial charge in [-0.25, -0.2) is 0 Å². The van der Waals surface area contributed by atoms with Crippen LogP contribution in [0.4, 0.5) is 0 Å². The molecule has 2 aliphatic heterocycles. The lowest BCUT2D eigenvalue weighted by Crippen LogP contribution is -2.63. The van der Waals surface area contributed by atoms with Crippen LogP contribution >= 0.6 is 0 Å². The van der Waals surface area contributed by atoms with Gasteiger partial charge >= 0.3 is 0 Å². The lowest BCUT2D eigenvalue weighted by Gasteiger charge is -2.45. The van der Waals surface area contributed by atoms with Crippen LogP contribution in [0.1, 0.15) is 16.7 Å². The zero-order chi connectivity index (χ0) is 17.5. The van der Waals surface area contributed by atoms with Gasteiger partial charge in [-0.1, -0.05) is 91.0 Å². The molecule has 0 bridgehead atoms. The van der Waals surface area contributed by atoms with E-state index in [-0.39, 0.29) is 6.04 Å². The van der Waals surface area contributed by atoms with Gasteiger partial charge in [-0.05, 0) is 16.7 Å². The van der Waals surface area contributed by atoms with E-state index in [0.29, 0.717) is 13.2 Å². The molecule has 1 spiro atoms. The molecule has 2 fully saturated rings. The summed E-state index contributed by atoms with van der Waals surface area (Å²) in [5, 5.41) is 3.92. The largest absolute Gasteiger partial charge is 0.345 e. The highest BCUT2D eigenvalue weighted by Gasteiger charge is 2.62. The van der Waals surface area contributed by atoms with Crippen molar-refractivity contribution in [1.29, 1.82) is 0 Å². The molecular weight excluding hydrogens is 322 g/mol. The molecule has 26 heavy (non-hydrogen) atoms. The van der Waals surface area contributed by atoms with Gasteiger partial charge in [0.2, 0.25) is 5.79 Å². The van der Waals surface area contributed by atoms with E-state index in [0.717, 1.165) is 0 Å². The monoisotopic (exact) mass is 343 g/mol. The summed E-state index contributed by atoms with van der Waals surface area (Å²) in [6.45, 7) is 1.33. The Balaban J connectivity index is 1.71. The molecule has 3 heteroatoms. The first kappa shape index (κ1) is 15.8. The van der Waals surface area contributed by atoms with Gasteiger partial charge in [0.15, 0.2) is 0 Å². The number of nitrogens with one attached hydrogen (secondary N) is 1. The molecule has 0 aromatic heterocycles. The average molecular weight is 343 g/mol. The standard InChI is InChI=1S/C23H21NO2/c1-4-10-18(11-5-1)23(19-12-6-2-7-13-19,20-14-8-3-9-15-20)24-21-16-25-22(21)17-26-22/h1-15,21,24H,16-17H2/t21-,22?/m0/s1. The van der Waals surface area contributed by atoms with Crippen molar-refractivity contribution in [2.45, 2.75) is 17.4 Å². The van der Waals surface area contributed by atoms with Crippen molar-refractivity contribution in [3.05, 3.63) is 108 Å². The number of ether oxygens (including phenoxy) is 2. The molecule has 130 valence electrons. The Morgan fingerprint density at radius 3 is 1.42 bits per heavy atom. The van der Waals surface area contributed by atoms with Gasteiger partial charge in [0.05, 0.1) is 18.2 Å². The van der Waals surface area contributed by atoms with E-state index in [2.05, 4.69) is 96.3 Å². The molecule has 3 aromatic carbocycles. The van der Waals surface area contributed by atoms with Crippen LogP contribution in [0.5, 0.6) is 0 Å². The van der Waals surface area contributed by atoms with Crippen molar-refractivity contribution in [1.82, 2.24) is 5.32 Å². The van der Waals surface area contributed by atoms with Crippen molar-refractivity contribution in [2.24, 2.45) is 0 Å². The zero-order valence-corrected chi connectivity index (χ0v) is 14.5. The van der Waals surface area contributed by atoms with Gasteiger partial charge < -0.3 is 9.47 Å². The Hall–Kier alpha value is -2.46.